The lowest BCUT2D eigenvalue weighted by molar-refractivity contribution is -0.139. The van der Waals surface area contributed by atoms with Gasteiger partial charge in [0.2, 0.25) is 0 Å². The van der Waals surface area contributed by atoms with Crippen molar-refractivity contribution in [1.82, 2.24) is 10.7 Å². The molecule has 0 heterocycles. The maximum Gasteiger partial charge on any atom is 0.329 e. The van der Waals surface area contributed by atoms with Crippen molar-refractivity contribution in [1.29, 1.82) is 0 Å². The van der Waals surface area contributed by atoms with Crippen molar-refractivity contribution in [3.05, 3.63) is 23.8 Å². The highest BCUT2D eigenvalue weighted by molar-refractivity contribution is 6.35. The number of hydrogen-bond donors (Lipinski definition) is 2. The number of benzene rings is 1. The first kappa shape index (κ1) is 18.5. The summed E-state index contributed by atoms with van der Waals surface area (Å²) in [5.74, 6) is -0.319. The Bertz CT molecular complexity index is 570. The molecule has 2 N–H and O–H groups in total. The summed E-state index contributed by atoms with van der Waals surface area (Å²) in [6.45, 7) is 6.15. The molecule has 2 amide bonds. The zero-order valence-corrected chi connectivity index (χ0v) is 13.9. The largest absolute Gasteiger partial charge is 0.493 e. The van der Waals surface area contributed by atoms with Crippen LogP contribution in [-0.4, -0.2) is 37.8 Å². The summed E-state index contributed by atoms with van der Waals surface area (Å²) < 4.78 is 10.8. The van der Waals surface area contributed by atoms with Crippen molar-refractivity contribution < 1.29 is 19.1 Å². The minimum Gasteiger partial charge on any atom is -0.493 e. The second-order valence-corrected chi connectivity index (χ2v) is 5.09. The van der Waals surface area contributed by atoms with Gasteiger partial charge < -0.3 is 14.8 Å². The van der Waals surface area contributed by atoms with E-state index in [0.717, 1.165) is 6.42 Å². The third-order valence-electron chi connectivity index (χ3n) is 2.66. The van der Waals surface area contributed by atoms with E-state index in [9.17, 15) is 9.59 Å². The number of amides is 2. The fraction of sp³-hybridized carbons (Fsp3) is 0.438. The molecule has 1 rings (SSSR count). The van der Waals surface area contributed by atoms with Gasteiger partial charge in [-0.3, -0.25) is 9.59 Å². The fourth-order valence-corrected chi connectivity index (χ4v) is 1.64. The van der Waals surface area contributed by atoms with Crippen LogP contribution in [0.3, 0.4) is 0 Å². The average Bonchev–Trinajstić information content (AvgIpc) is 2.52. The molecule has 0 aliphatic heterocycles. The van der Waals surface area contributed by atoms with Gasteiger partial charge in [-0.2, -0.15) is 5.10 Å². The number of hydrazone groups is 1. The number of carbonyl (C=O) groups is 2. The van der Waals surface area contributed by atoms with E-state index in [1.807, 2.05) is 6.92 Å². The molecule has 1 aromatic rings. The zero-order valence-electron chi connectivity index (χ0n) is 13.9. The minimum atomic E-state index is -0.815. The van der Waals surface area contributed by atoms with Crippen LogP contribution in [0, 0.1) is 0 Å². The first-order valence-corrected chi connectivity index (χ1v) is 7.42. The summed E-state index contributed by atoms with van der Waals surface area (Å²) in [5.41, 5.74) is 2.87. The number of rotatable bonds is 7. The Morgan fingerprint density at radius 2 is 2.00 bits per heavy atom. The number of nitrogens with one attached hydrogen (secondary N) is 2. The minimum absolute atomic E-state index is 0.114. The van der Waals surface area contributed by atoms with Crippen LogP contribution in [0.25, 0.3) is 0 Å². The zero-order chi connectivity index (χ0) is 17.2. The van der Waals surface area contributed by atoms with Gasteiger partial charge >= 0.3 is 11.8 Å². The van der Waals surface area contributed by atoms with Crippen molar-refractivity contribution in [2.24, 2.45) is 5.10 Å². The van der Waals surface area contributed by atoms with Crippen LogP contribution in [0.15, 0.2) is 23.3 Å². The van der Waals surface area contributed by atoms with Gasteiger partial charge in [0.05, 0.1) is 19.9 Å². The quantitative estimate of drug-likeness (QED) is 0.452. The molecule has 0 spiro atoms. The summed E-state index contributed by atoms with van der Waals surface area (Å²) in [7, 11) is 1.55. The second-order valence-electron chi connectivity index (χ2n) is 5.09. The van der Waals surface area contributed by atoms with Crippen LogP contribution in [0.2, 0.25) is 0 Å². The van der Waals surface area contributed by atoms with E-state index in [4.69, 9.17) is 9.47 Å². The Morgan fingerprint density at radius 3 is 2.61 bits per heavy atom. The molecule has 0 aliphatic carbocycles. The molecule has 0 radical (unpaired) electrons. The Balaban J connectivity index is 2.66. The van der Waals surface area contributed by atoms with Crippen molar-refractivity contribution >= 4 is 18.0 Å². The molecule has 23 heavy (non-hydrogen) atoms. The number of ether oxygens (including phenoxy) is 2. The van der Waals surface area contributed by atoms with Crippen molar-refractivity contribution in [3.8, 4) is 11.5 Å². The van der Waals surface area contributed by atoms with E-state index >= 15 is 0 Å². The molecule has 0 saturated heterocycles. The third-order valence-corrected chi connectivity index (χ3v) is 2.66. The summed E-state index contributed by atoms with van der Waals surface area (Å²) in [6.07, 6.45) is 2.32. The topological polar surface area (TPSA) is 89.0 Å². The Morgan fingerprint density at radius 1 is 1.26 bits per heavy atom. The van der Waals surface area contributed by atoms with Gasteiger partial charge in [0.1, 0.15) is 0 Å². The number of hydrogen-bond acceptors (Lipinski definition) is 5. The van der Waals surface area contributed by atoms with Gasteiger partial charge in [-0.15, -0.1) is 0 Å². The van der Waals surface area contributed by atoms with Crippen LogP contribution in [0.1, 0.15) is 32.8 Å². The summed E-state index contributed by atoms with van der Waals surface area (Å²) >= 11 is 0. The van der Waals surface area contributed by atoms with E-state index in [0.29, 0.717) is 23.7 Å². The number of carbonyl (C=O) groups excluding carboxylic acids is 2. The van der Waals surface area contributed by atoms with Crippen LogP contribution < -0.4 is 20.2 Å². The van der Waals surface area contributed by atoms with Gasteiger partial charge in [-0.1, -0.05) is 6.92 Å². The number of methoxy groups -OCH3 is 1. The first-order chi connectivity index (χ1) is 11.0. The van der Waals surface area contributed by atoms with E-state index in [1.54, 1.807) is 39.2 Å². The molecular formula is C16H23N3O4. The van der Waals surface area contributed by atoms with E-state index in [2.05, 4.69) is 15.8 Å². The molecular weight excluding hydrogens is 298 g/mol. The molecule has 126 valence electrons. The van der Waals surface area contributed by atoms with Gasteiger partial charge in [0.15, 0.2) is 11.5 Å². The summed E-state index contributed by atoms with van der Waals surface area (Å²) in [4.78, 5) is 22.9. The molecule has 7 nitrogen and oxygen atoms in total. The third kappa shape index (κ3) is 6.37. The lowest BCUT2D eigenvalue weighted by atomic mass is 10.2. The molecule has 0 aliphatic rings. The van der Waals surface area contributed by atoms with Gasteiger partial charge in [-0.05, 0) is 44.0 Å². The standard InChI is InChI=1S/C16H23N3O4/c1-5-8-23-13-7-6-12(9-14(13)22-4)10-17-19-16(21)15(20)18-11(2)3/h6-7,9-11H,5,8H2,1-4H3,(H,18,20)(H,19,21)/b17-10-. The molecule has 0 fully saturated rings. The summed E-state index contributed by atoms with van der Waals surface area (Å²) in [6, 6.07) is 5.16. The summed E-state index contributed by atoms with van der Waals surface area (Å²) in [5, 5.41) is 6.23. The molecule has 0 aromatic heterocycles. The Hall–Kier alpha value is -2.57. The predicted molar refractivity (Wildman–Crippen MR) is 87.8 cm³/mol. The van der Waals surface area contributed by atoms with Gasteiger partial charge in [0, 0.05) is 6.04 Å². The highest BCUT2D eigenvalue weighted by atomic mass is 16.5. The first-order valence-electron chi connectivity index (χ1n) is 7.42. The molecule has 0 unspecified atom stereocenters. The van der Waals surface area contributed by atoms with E-state index in [-0.39, 0.29) is 6.04 Å². The lowest BCUT2D eigenvalue weighted by Gasteiger charge is -2.10. The molecule has 0 atom stereocenters. The van der Waals surface area contributed by atoms with E-state index in [1.165, 1.54) is 6.21 Å². The average molecular weight is 321 g/mol. The second kappa shape index (κ2) is 9.45. The van der Waals surface area contributed by atoms with Crippen molar-refractivity contribution in [2.75, 3.05) is 13.7 Å². The molecule has 0 bridgehead atoms. The molecule has 7 heteroatoms. The van der Waals surface area contributed by atoms with Crippen LogP contribution >= 0.6 is 0 Å². The molecule has 0 saturated carbocycles. The number of nitrogens with zero attached hydrogens (tertiary/aromatic N) is 1. The van der Waals surface area contributed by atoms with Gasteiger partial charge in [0.25, 0.3) is 0 Å². The van der Waals surface area contributed by atoms with Crippen LogP contribution in [0.4, 0.5) is 0 Å². The monoisotopic (exact) mass is 321 g/mol. The Labute approximate surface area is 136 Å². The van der Waals surface area contributed by atoms with Crippen molar-refractivity contribution in [3.63, 3.8) is 0 Å². The smallest absolute Gasteiger partial charge is 0.329 e. The van der Waals surface area contributed by atoms with Gasteiger partial charge in [-0.25, -0.2) is 5.43 Å². The van der Waals surface area contributed by atoms with E-state index < -0.39 is 11.8 Å². The highest BCUT2D eigenvalue weighted by Gasteiger charge is 2.13. The lowest BCUT2D eigenvalue weighted by Crippen LogP contribution is -2.41. The predicted octanol–water partition coefficient (Wildman–Crippen LogP) is 1.46. The highest BCUT2D eigenvalue weighted by Crippen LogP contribution is 2.27. The fourth-order valence-electron chi connectivity index (χ4n) is 1.64. The van der Waals surface area contributed by atoms with Crippen LogP contribution in [0.5, 0.6) is 11.5 Å². The molecule has 1 aromatic carbocycles. The van der Waals surface area contributed by atoms with Crippen LogP contribution in [-0.2, 0) is 9.59 Å². The van der Waals surface area contributed by atoms with Crippen molar-refractivity contribution in [2.45, 2.75) is 33.2 Å². The SMILES string of the molecule is CCCOc1ccc(/C=N\NC(=O)C(=O)NC(C)C)cc1OC. The Kier molecular flexibility index (Phi) is 7.59. The maximum absolute atomic E-state index is 11.5. The normalized spacial score (nSPS) is 10.7. The maximum atomic E-state index is 11.5.